The molecule has 0 spiro atoms. The Bertz CT molecular complexity index is 307. The summed E-state index contributed by atoms with van der Waals surface area (Å²) >= 11 is 1.64. The molecule has 7 heteroatoms. The normalized spacial score (nSPS) is 22.8. The Balaban J connectivity index is 2.59. The summed E-state index contributed by atoms with van der Waals surface area (Å²) in [6.07, 6.45) is 5.00. The fourth-order valence-corrected chi connectivity index (χ4v) is 3.99. The molecule has 0 radical (unpaired) electrons. The first-order valence-corrected chi connectivity index (χ1v) is 8.85. The molecule has 0 aromatic carbocycles. The van der Waals surface area contributed by atoms with Crippen LogP contribution in [0.3, 0.4) is 0 Å². The smallest absolute Gasteiger partial charge is 0.279 e. The van der Waals surface area contributed by atoms with Crippen LogP contribution in [0.5, 0.6) is 0 Å². The summed E-state index contributed by atoms with van der Waals surface area (Å²) < 4.78 is 28.5. The number of thioether (sulfide) groups is 1. The lowest BCUT2D eigenvalue weighted by Crippen LogP contribution is -2.52. The molecule has 102 valence electrons. The first-order valence-electron chi connectivity index (χ1n) is 6.01. The topological polar surface area (TPSA) is 61.4 Å². The molecule has 0 amide bonds. The Morgan fingerprint density at radius 3 is 2.82 bits per heavy atom. The van der Waals surface area contributed by atoms with Gasteiger partial charge in [0.1, 0.15) is 0 Å². The molecule has 1 aliphatic heterocycles. The third-order valence-corrected chi connectivity index (χ3v) is 5.19. The molecule has 0 aromatic heterocycles. The van der Waals surface area contributed by atoms with Gasteiger partial charge in [0.25, 0.3) is 10.2 Å². The zero-order valence-corrected chi connectivity index (χ0v) is 12.2. The van der Waals surface area contributed by atoms with Gasteiger partial charge in [0.2, 0.25) is 0 Å². The first kappa shape index (κ1) is 15.2. The summed E-state index contributed by atoms with van der Waals surface area (Å²) in [6, 6.07) is 0.0977. The molecule has 17 heavy (non-hydrogen) atoms. The average Bonchev–Trinajstić information content (AvgIpc) is 2.30. The molecule has 1 unspecified atom stereocenters. The zero-order valence-electron chi connectivity index (χ0n) is 10.6. The van der Waals surface area contributed by atoms with Crippen LogP contribution in [0, 0.1) is 0 Å². The zero-order chi connectivity index (χ0) is 12.7. The monoisotopic (exact) mass is 281 g/mol. The number of rotatable bonds is 7. The van der Waals surface area contributed by atoms with E-state index in [9.17, 15) is 8.42 Å². The van der Waals surface area contributed by atoms with Gasteiger partial charge in [-0.1, -0.05) is 6.42 Å². The van der Waals surface area contributed by atoms with Crippen molar-refractivity contribution >= 4 is 22.0 Å². The van der Waals surface area contributed by atoms with Crippen molar-refractivity contribution in [3.8, 4) is 0 Å². The van der Waals surface area contributed by atoms with Crippen LogP contribution in [-0.4, -0.2) is 57.5 Å². The van der Waals surface area contributed by atoms with Crippen LogP contribution in [0.15, 0.2) is 0 Å². The van der Waals surface area contributed by atoms with E-state index in [1.54, 1.807) is 16.1 Å². The first-order chi connectivity index (χ1) is 8.11. The summed E-state index contributed by atoms with van der Waals surface area (Å²) in [6.45, 7) is 1.87. The van der Waals surface area contributed by atoms with E-state index >= 15 is 0 Å². The van der Waals surface area contributed by atoms with Gasteiger partial charge in [0, 0.05) is 31.4 Å². The highest BCUT2D eigenvalue weighted by Crippen LogP contribution is 2.19. The van der Waals surface area contributed by atoms with Gasteiger partial charge in [-0.15, -0.1) is 0 Å². The quantitative estimate of drug-likeness (QED) is 0.657. The van der Waals surface area contributed by atoms with E-state index in [-0.39, 0.29) is 6.04 Å². The molecule has 2 N–H and O–H groups in total. The molecule has 1 atom stereocenters. The Hall–Kier alpha value is 0.180. The summed E-state index contributed by atoms with van der Waals surface area (Å²) in [7, 11) is -1.44. The summed E-state index contributed by atoms with van der Waals surface area (Å²) in [4.78, 5) is 0. The van der Waals surface area contributed by atoms with Gasteiger partial charge >= 0.3 is 0 Å². The van der Waals surface area contributed by atoms with Crippen molar-refractivity contribution in [2.45, 2.75) is 25.3 Å². The van der Waals surface area contributed by atoms with Crippen molar-refractivity contribution in [3.05, 3.63) is 0 Å². The minimum atomic E-state index is -3.30. The molecule has 0 bridgehead atoms. The van der Waals surface area contributed by atoms with E-state index in [2.05, 4.69) is 10.0 Å². The average molecular weight is 281 g/mol. The molecule has 5 nitrogen and oxygen atoms in total. The third kappa shape index (κ3) is 4.75. The molecule has 1 saturated heterocycles. The maximum Gasteiger partial charge on any atom is 0.279 e. The summed E-state index contributed by atoms with van der Waals surface area (Å²) in [5.74, 6) is 0.809. The van der Waals surface area contributed by atoms with E-state index in [4.69, 9.17) is 0 Å². The molecular formula is C10H23N3O2S2. The molecule has 0 aliphatic carbocycles. The van der Waals surface area contributed by atoms with Gasteiger partial charge in [-0.2, -0.15) is 24.5 Å². The number of hydrogen-bond acceptors (Lipinski definition) is 4. The predicted molar refractivity (Wildman–Crippen MR) is 73.6 cm³/mol. The van der Waals surface area contributed by atoms with Crippen molar-refractivity contribution in [1.82, 2.24) is 14.3 Å². The number of nitrogens with one attached hydrogen (secondary N) is 2. The Kier molecular flexibility index (Phi) is 6.79. The second-order valence-electron chi connectivity index (χ2n) is 4.21. The van der Waals surface area contributed by atoms with E-state index in [0.29, 0.717) is 13.1 Å². The van der Waals surface area contributed by atoms with Crippen molar-refractivity contribution in [1.29, 1.82) is 0 Å². The second kappa shape index (κ2) is 7.58. The van der Waals surface area contributed by atoms with Gasteiger partial charge in [-0.3, -0.25) is 0 Å². The second-order valence-corrected chi connectivity index (χ2v) is 6.90. The molecule has 1 rings (SSSR count). The molecule has 0 aromatic rings. The molecule has 1 heterocycles. The number of nitrogens with zero attached hydrogens (tertiary/aromatic N) is 1. The van der Waals surface area contributed by atoms with Gasteiger partial charge in [-0.05, 0) is 26.1 Å². The fourth-order valence-electron chi connectivity index (χ4n) is 2.09. The lowest BCUT2D eigenvalue weighted by atomic mass is 10.1. The van der Waals surface area contributed by atoms with Crippen LogP contribution >= 0.6 is 11.8 Å². The van der Waals surface area contributed by atoms with Gasteiger partial charge < -0.3 is 5.32 Å². The molecule has 1 fully saturated rings. The van der Waals surface area contributed by atoms with E-state index in [1.807, 2.05) is 13.3 Å². The third-order valence-electron chi connectivity index (χ3n) is 2.91. The van der Waals surface area contributed by atoms with Crippen LogP contribution in [0.4, 0.5) is 0 Å². The van der Waals surface area contributed by atoms with Crippen LogP contribution in [-0.2, 0) is 10.2 Å². The van der Waals surface area contributed by atoms with E-state index in [1.165, 1.54) is 0 Å². The van der Waals surface area contributed by atoms with Crippen LogP contribution < -0.4 is 10.0 Å². The lowest BCUT2D eigenvalue weighted by molar-refractivity contribution is 0.246. The van der Waals surface area contributed by atoms with Gasteiger partial charge in [0.05, 0.1) is 0 Å². The van der Waals surface area contributed by atoms with E-state index in [0.717, 1.165) is 31.6 Å². The SMILES string of the molecule is CNCC1CCCCN1S(=O)(=O)NCCSC. The van der Waals surface area contributed by atoms with Crippen LogP contribution in [0.25, 0.3) is 0 Å². The van der Waals surface area contributed by atoms with Crippen LogP contribution in [0.1, 0.15) is 19.3 Å². The maximum absolute atomic E-state index is 12.1. The van der Waals surface area contributed by atoms with E-state index < -0.39 is 10.2 Å². The van der Waals surface area contributed by atoms with Gasteiger partial charge in [0.15, 0.2) is 0 Å². The van der Waals surface area contributed by atoms with Crippen molar-refractivity contribution in [2.24, 2.45) is 0 Å². The number of piperidine rings is 1. The standard InChI is InChI=1S/C10H23N3O2S2/c1-11-9-10-5-3-4-7-13(10)17(14,15)12-6-8-16-2/h10-12H,3-9H2,1-2H3. The highest BCUT2D eigenvalue weighted by molar-refractivity contribution is 7.98. The highest BCUT2D eigenvalue weighted by atomic mass is 32.2. The minimum absolute atomic E-state index is 0.0977. The summed E-state index contributed by atoms with van der Waals surface area (Å²) in [5.41, 5.74) is 0. The lowest BCUT2D eigenvalue weighted by Gasteiger charge is -2.34. The van der Waals surface area contributed by atoms with Crippen LogP contribution in [0.2, 0.25) is 0 Å². The molecule has 0 saturated carbocycles. The number of hydrogen-bond donors (Lipinski definition) is 2. The minimum Gasteiger partial charge on any atom is -0.318 e. The Morgan fingerprint density at radius 1 is 1.41 bits per heavy atom. The largest absolute Gasteiger partial charge is 0.318 e. The highest BCUT2D eigenvalue weighted by Gasteiger charge is 2.31. The Labute approximate surface area is 109 Å². The summed E-state index contributed by atoms with van der Waals surface area (Å²) in [5, 5.41) is 3.07. The fraction of sp³-hybridized carbons (Fsp3) is 1.00. The number of likely N-dealkylation sites (N-methyl/N-ethyl adjacent to an activating group) is 1. The molecular weight excluding hydrogens is 258 g/mol. The van der Waals surface area contributed by atoms with Crippen molar-refractivity contribution < 1.29 is 8.42 Å². The van der Waals surface area contributed by atoms with Crippen molar-refractivity contribution in [2.75, 3.05) is 38.7 Å². The van der Waals surface area contributed by atoms with Crippen molar-refractivity contribution in [3.63, 3.8) is 0 Å². The molecule has 1 aliphatic rings. The van der Waals surface area contributed by atoms with Gasteiger partial charge in [-0.25, -0.2) is 4.72 Å². The predicted octanol–water partition coefficient (Wildman–Crippen LogP) is 0.258. The maximum atomic E-state index is 12.1. The Morgan fingerprint density at radius 2 is 2.18 bits per heavy atom.